The summed E-state index contributed by atoms with van der Waals surface area (Å²) in [4.78, 5) is 23.4. The van der Waals surface area contributed by atoms with Crippen LogP contribution in [0, 0.1) is 5.82 Å². The van der Waals surface area contributed by atoms with E-state index in [-0.39, 0.29) is 22.0 Å². The van der Waals surface area contributed by atoms with Crippen LogP contribution in [0.2, 0.25) is 5.02 Å². The summed E-state index contributed by atoms with van der Waals surface area (Å²) in [5, 5.41) is 21.0. The second-order valence-electron chi connectivity index (χ2n) is 4.45. The number of carbonyl (C=O) groups excluding carboxylic acids is 2. The molecule has 6 nitrogen and oxygen atoms in total. The number of phenolic OH excluding ortho intramolecular Hbond substituents is 2. The van der Waals surface area contributed by atoms with Gasteiger partial charge in [-0.3, -0.25) is 4.79 Å². The first kappa shape index (κ1) is 16.6. The summed E-state index contributed by atoms with van der Waals surface area (Å²) in [6, 6.07) is 6.72. The van der Waals surface area contributed by atoms with Crippen LogP contribution >= 0.6 is 11.6 Å². The van der Waals surface area contributed by atoms with Gasteiger partial charge in [0.25, 0.3) is 5.91 Å². The van der Waals surface area contributed by atoms with Crippen molar-refractivity contribution >= 4 is 29.2 Å². The average molecular weight is 340 g/mol. The molecule has 0 atom stereocenters. The van der Waals surface area contributed by atoms with Crippen LogP contribution in [0.4, 0.5) is 10.1 Å². The van der Waals surface area contributed by atoms with Crippen molar-refractivity contribution in [2.75, 3.05) is 11.9 Å². The molecule has 3 N–H and O–H groups in total. The number of hydrogen-bond donors (Lipinski definition) is 3. The number of carbonyl (C=O) groups is 2. The van der Waals surface area contributed by atoms with Gasteiger partial charge in [0.1, 0.15) is 22.9 Å². The molecule has 0 fully saturated rings. The van der Waals surface area contributed by atoms with Gasteiger partial charge < -0.3 is 20.3 Å². The topological polar surface area (TPSA) is 95.9 Å². The lowest BCUT2D eigenvalue weighted by atomic mass is 10.2. The molecule has 0 aromatic heterocycles. The molecular weight excluding hydrogens is 329 g/mol. The molecule has 2 aromatic rings. The monoisotopic (exact) mass is 339 g/mol. The number of esters is 1. The molecule has 8 heteroatoms. The summed E-state index contributed by atoms with van der Waals surface area (Å²) in [7, 11) is 0. The number of hydrogen-bond acceptors (Lipinski definition) is 5. The van der Waals surface area contributed by atoms with Gasteiger partial charge in [0.15, 0.2) is 6.61 Å². The van der Waals surface area contributed by atoms with E-state index in [1.54, 1.807) is 0 Å². The Morgan fingerprint density at radius 3 is 2.57 bits per heavy atom. The molecule has 0 aliphatic heterocycles. The standard InChI is InChI=1S/C15H11ClFNO5/c16-11-5-8(17)1-4-12(11)18-14(21)7-23-15(22)10-3-2-9(19)6-13(10)20/h1-6,19-20H,7H2,(H,18,21). The zero-order valence-electron chi connectivity index (χ0n) is 11.5. The van der Waals surface area contributed by atoms with Crippen molar-refractivity contribution < 1.29 is 28.9 Å². The van der Waals surface area contributed by atoms with Crippen molar-refractivity contribution in [3.8, 4) is 11.5 Å². The van der Waals surface area contributed by atoms with Gasteiger partial charge in [0.2, 0.25) is 0 Å². The quantitative estimate of drug-likeness (QED) is 0.744. The fourth-order valence-corrected chi connectivity index (χ4v) is 1.89. The lowest BCUT2D eigenvalue weighted by molar-refractivity contribution is -0.119. The van der Waals surface area contributed by atoms with Crippen molar-refractivity contribution in [2.24, 2.45) is 0 Å². The number of nitrogens with one attached hydrogen (secondary N) is 1. The third kappa shape index (κ3) is 4.33. The summed E-state index contributed by atoms with van der Waals surface area (Å²) in [6.45, 7) is -0.632. The van der Waals surface area contributed by atoms with E-state index in [1.807, 2.05) is 0 Å². The van der Waals surface area contributed by atoms with Gasteiger partial charge in [0, 0.05) is 6.07 Å². The lowest BCUT2D eigenvalue weighted by Gasteiger charge is -2.09. The number of benzene rings is 2. The average Bonchev–Trinajstić information content (AvgIpc) is 2.48. The minimum atomic E-state index is -0.942. The van der Waals surface area contributed by atoms with Crippen LogP contribution in [0.15, 0.2) is 36.4 Å². The van der Waals surface area contributed by atoms with Crippen LogP contribution in [0.3, 0.4) is 0 Å². The Morgan fingerprint density at radius 1 is 1.17 bits per heavy atom. The Kier molecular flexibility index (Phi) is 5.02. The first-order valence-electron chi connectivity index (χ1n) is 6.31. The summed E-state index contributed by atoms with van der Waals surface area (Å²) in [5.41, 5.74) is -0.0305. The molecule has 0 saturated heterocycles. The smallest absolute Gasteiger partial charge is 0.342 e. The van der Waals surface area contributed by atoms with Crippen molar-refractivity contribution in [1.29, 1.82) is 0 Å². The zero-order chi connectivity index (χ0) is 17.0. The van der Waals surface area contributed by atoms with E-state index >= 15 is 0 Å². The van der Waals surface area contributed by atoms with Crippen molar-refractivity contribution in [1.82, 2.24) is 0 Å². The molecule has 0 aliphatic carbocycles. The molecule has 120 valence electrons. The van der Waals surface area contributed by atoms with Gasteiger partial charge in [0.05, 0.1) is 10.7 Å². The Hall–Kier alpha value is -2.80. The maximum Gasteiger partial charge on any atom is 0.342 e. The van der Waals surface area contributed by atoms with Gasteiger partial charge >= 0.3 is 5.97 Å². The van der Waals surface area contributed by atoms with Crippen LogP contribution in [-0.4, -0.2) is 28.7 Å². The summed E-state index contributed by atoms with van der Waals surface area (Å²) < 4.78 is 17.6. The molecule has 0 radical (unpaired) electrons. The molecule has 23 heavy (non-hydrogen) atoms. The minimum Gasteiger partial charge on any atom is -0.508 e. The molecule has 2 aromatic carbocycles. The molecule has 0 spiro atoms. The van der Waals surface area contributed by atoms with Gasteiger partial charge in [-0.1, -0.05) is 11.6 Å². The highest BCUT2D eigenvalue weighted by molar-refractivity contribution is 6.33. The van der Waals surface area contributed by atoms with E-state index in [2.05, 4.69) is 5.32 Å². The number of phenols is 2. The van der Waals surface area contributed by atoms with E-state index < -0.39 is 30.1 Å². The molecule has 0 bridgehead atoms. The number of aromatic hydroxyl groups is 2. The van der Waals surface area contributed by atoms with Crippen LogP contribution in [0.25, 0.3) is 0 Å². The highest BCUT2D eigenvalue weighted by Crippen LogP contribution is 2.24. The van der Waals surface area contributed by atoms with Crippen molar-refractivity contribution in [3.63, 3.8) is 0 Å². The van der Waals surface area contributed by atoms with E-state index in [9.17, 15) is 19.1 Å². The molecule has 2 rings (SSSR count). The highest BCUT2D eigenvalue weighted by atomic mass is 35.5. The van der Waals surface area contributed by atoms with E-state index in [1.165, 1.54) is 12.1 Å². The first-order chi connectivity index (χ1) is 10.9. The number of ether oxygens (including phenoxy) is 1. The van der Waals surface area contributed by atoms with E-state index in [0.29, 0.717) is 0 Å². The summed E-state index contributed by atoms with van der Waals surface area (Å²) in [5.74, 6) is -2.88. The van der Waals surface area contributed by atoms with Gasteiger partial charge in [-0.25, -0.2) is 9.18 Å². The Morgan fingerprint density at radius 2 is 1.91 bits per heavy atom. The first-order valence-corrected chi connectivity index (χ1v) is 6.68. The lowest BCUT2D eigenvalue weighted by Crippen LogP contribution is -2.21. The predicted molar refractivity (Wildman–Crippen MR) is 80.1 cm³/mol. The minimum absolute atomic E-state index is 0.000792. The largest absolute Gasteiger partial charge is 0.508 e. The van der Waals surface area contributed by atoms with Crippen LogP contribution in [-0.2, 0) is 9.53 Å². The zero-order valence-corrected chi connectivity index (χ0v) is 12.3. The molecular formula is C15H11ClFNO5. The van der Waals surface area contributed by atoms with Gasteiger partial charge in [-0.2, -0.15) is 0 Å². The summed E-state index contributed by atoms with van der Waals surface area (Å²) >= 11 is 5.75. The third-order valence-corrected chi connectivity index (χ3v) is 3.05. The number of anilines is 1. The fourth-order valence-electron chi connectivity index (χ4n) is 1.68. The molecule has 0 aliphatic rings. The normalized spacial score (nSPS) is 10.2. The predicted octanol–water partition coefficient (Wildman–Crippen LogP) is 2.69. The Labute approximate surface area is 135 Å². The third-order valence-electron chi connectivity index (χ3n) is 2.74. The van der Waals surface area contributed by atoms with E-state index in [4.69, 9.17) is 21.4 Å². The van der Waals surface area contributed by atoms with Gasteiger partial charge in [-0.05, 0) is 30.3 Å². The van der Waals surface area contributed by atoms with Crippen LogP contribution in [0.5, 0.6) is 11.5 Å². The van der Waals surface area contributed by atoms with Gasteiger partial charge in [-0.15, -0.1) is 0 Å². The maximum absolute atomic E-state index is 12.9. The molecule has 0 saturated carbocycles. The molecule has 0 unspecified atom stereocenters. The maximum atomic E-state index is 12.9. The SMILES string of the molecule is O=C(COC(=O)c1ccc(O)cc1O)Nc1ccc(F)cc1Cl. The highest BCUT2D eigenvalue weighted by Gasteiger charge is 2.15. The number of halogens is 2. The second-order valence-corrected chi connectivity index (χ2v) is 4.86. The molecule has 1 amide bonds. The second kappa shape index (κ2) is 6.97. The number of amides is 1. The number of rotatable bonds is 4. The molecule has 0 heterocycles. The van der Waals surface area contributed by atoms with E-state index in [0.717, 1.165) is 24.3 Å². The van der Waals surface area contributed by atoms with Crippen LogP contribution < -0.4 is 5.32 Å². The van der Waals surface area contributed by atoms with Crippen molar-refractivity contribution in [2.45, 2.75) is 0 Å². The Bertz CT molecular complexity index is 766. The summed E-state index contributed by atoms with van der Waals surface area (Å²) in [6.07, 6.45) is 0. The fraction of sp³-hybridized carbons (Fsp3) is 0.0667. The Balaban J connectivity index is 1.94. The van der Waals surface area contributed by atoms with Crippen molar-refractivity contribution in [3.05, 3.63) is 52.8 Å². The van der Waals surface area contributed by atoms with Crippen LogP contribution in [0.1, 0.15) is 10.4 Å².